The van der Waals surface area contributed by atoms with E-state index in [9.17, 15) is 4.79 Å². The third-order valence-electron chi connectivity index (χ3n) is 4.42. The second-order valence-electron chi connectivity index (χ2n) is 6.16. The van der Waals surface area contributed by atoms with Gasteiger partial charge < -0.3 is 10.2 Å². The zero-order chi connectivity index (χ0) is 17.8. The Morgan fingerprint density at radius 1 is 1.31 bits per heavy atom. The van der Waals surface area contributed by atoms with Crippen molar-refractivity contribution < 1.29 is 4.79 Å². The van der Waals surface area contributed by atoms with Crippen molar-refractivity contribution >= 4 is 23.1 Å². The zero-order valence-corrected chi connectivity index (χ0v) is 15.0. The molecule has 0 radical (unpaired) electrons. The van der Waals surface area contributed by atoms with Gasteiger partial charge in [0.25, 0.3) is 0 Å². The first-order valence-corrected chi connectivity index (χ1v) is 9.39. The summed E-state index contributed by atoms with van der Waals surface area (Å²) in [6.07, 6.45) is 6.44. The zero-order valence-electron chi connectivity index (χ0n) is 14.2. The number of thiophene rings is 1. The molecule has 1 aliphatic heterocycles. The van der Waals surface area contributed by atoms with Crippen molar-refractivity contribution in [3.63, 3.8) is 0 Å². The van der Waals surface area contributed by atoms with Crippen LogP contribution < -0.4 is 10.2 Å². The first-order valence-electron chi connectivity index (χ1n) is 8.51. The Hall–Kier alpha value is -2.81. The van der Waals surface area contributed by atoms with Crippen molar-refractivity contribution in [2.45, 2.75) is 19.4 Å². The lowest BCUT2D eigenvalue weighted by Gasteiger charge is -2.32. The van der Waals surface area contributed by atoms with Crippen LogP contribution in [0.2, 0.25) is 0 Å². The Morgan fingerprint density at radius 3 is 3.04 bits per heavy atom. The highest BCUT2D eigenvalue weighted by Crippen LogP contribution is 2.22. The van der Waals surface area contributed by atoms with Crippen LogP contribution >= 0.6 is 11.3 Å². The normalized spacial score (nSPS) is 17.2. The van der Waals surface area contributed by atoms with Crippen LogP contribution in [0.3, 0.4) is 0 Å². The van der Waals surface area contributed by atoms with Gasteiger partial charge in [-0.25, -0.2) is 19.6 Å². The SMILES string of the molecule is O=C(NCc1cccs1)C1CCCN(c2cc(-n3cncn3)ncn2)C1. The predicted molar refractivity (Wildman–Crippen MR) is 98.1 cm³/mol. The molecule has 4 rings (SSSR count). The minimum absolute atomic E-state index is 0.0338. The molecule has 26 heavy (non-hydrogen) atoms. The molecular formula is C17H19N7OS. The lowest BCUT2D eigenvalue weighted by atomic mass is 9.97. The molecule has 1 N–H and O–H groups in total. The van der Waals surface area contributed by atoms with Crippen molar-refractivity contribution in [2.24, 2.45) is 5.92 Å². The molecule has 0 aromatic carbocycles. The molecule has 134 valence electrons. The number of anilines is 1. The van der Waals surface area contributed by atoms with Gasteiger partial charge in [0.05, 0.1) is 12.5 Å². The van der Waals surface area contributed by atoms with Crippen LogP contribution in [0.25, 0.3) is 5.82 Å². The second-order valence-corrected chi connectivity index (χ2v) is 7.19. The number of piperidine rings is 1. The fourth-order valence-electron chi connectivity index (χ4n) is 3.09. The maximum absolute atomic E-state index is 12.5. The first kappa shape index (κ1) is 16.6. The summed E-state index contributed by atoms with van der Waals surface area (Å²) in [6.45, 7) is 2.13. The van der Waals surface area contributed by atoms with Crippen molar-refractivity contribution in [1.82, 2.24) is 30.0 Å². The molecule has 1 aliphatic rings. The van der Waals surface area contributed by atoms with Gasteiger partial charge in [0.15, 0.2) is 5.82 Å². The monoisotopic (exact) mass is 369 g/mol. The minimum atomic E-state index is -0.0338. The van der Waals surface area contributed by atoms with Gasteiger partial charge in [-0.2, -0.15) is 5.10 Å². The fourth-order valence-corrected chi connectivity index (χ4v) is 3.74. The maximum Gasteiger partial charge on any atom is 0.225 e. The van der Waals surface area contributed by atoms with Gasteiger partial charge in [-0.15, -0.1) is 11.3 Å². The quantitative estimate of drug-likeness (QED) is 0.736. The molecule has 3 aromatic rings. The highest BCUT2D eigenvalue weighted by Gasteiger charge is 2.26. The highest BCUT2D eigenvalue weighted by atomic mass is 32.1. The standard InChI is InChI=1S/C17H19N7OS/c25-17(19-8-14-4-2-6-26-14)13-3-1-5-23(9-13)15-7-16(21-11-20-15)24-12-18-10-22-24/h2,4,6-7,10-13H,1,3,5,8-9H2,(H,19,25). The summed E-state index contributed by atoms with van der Waals surface area (Å²) < 4.78 is 1.60. The largest absolute Gasteiger partial charge is 0.356 e. The summed E-state index contributed by atoms with van der Waals surface area (Å²) in [5.74, 6) is 1.54. The molecule has 1 saturated heterocycles. The molecule has 0 aliphatic carbocycles. The molecule has 3 aromatic heterocycles. The van der Waals surface area contributed by atoms with Gasteiger partial charge in [-0.3, -0.25) is 4.79 Å². The molecule has 0 spiro atoms. The van der Waals surface area contributed by atoms with E-state index in [1.165, 1.54) is 17.5 Å². The average molecular weight is 369 g/mol. The summed E-state index contributed by atoms with van der Waals surface area (Å²) >= 11 is 1.65. The maximum atomic E-state index is 12.5. The number of carbonyl (C=O) groups is 1. The van der Waals surface area contributed by atoms with E-state index in [1.54, 1.807) is 22.3 Å². The van der Waals surface area contributed by atoms with Gasteiger partial charge in [-0.05, 0) is 24.3 Å². The lowest BCUT2D eigenvalue weighted by molar-refractivity contribution is -0.125. The van der Waals surface area contributed by atoms with Crippen LogP contribution in [0, 0.1) is 5.92 Å². The third-order valence-corrected chi connectivity index (χ3v) is 5.30. The number of amides is 1. The molecular weight excluding hydrogens is 350 g/mol. The Bertz CT molecular complexity index is 850. The van der Waals surface area contributed by atoms with Crippen molar-refractivity contribution in [1.29, 1.82) is 0 Å². The molecule has 0 saturated carbocycles. The van der Waals surface area contributed by atoms with Crippen molar-refractivity contribution in [2.75, 3.05) is 18.0 Å². The minimum Gasteiger partial charge on any atom is -0.356 e. The highest BCUT2D eigenvalue weighted by molar-refractivity contribution is 7.09. The second kappa shape index (κ2) is 7.61. The molecule has 1 atom stereocenters. The average Bonchev–Trinajstić information content (AvgIpc) is 3.40. The van der Waals surface area contributed by atoms with E-state index in [4.69, 9.17) is 0 Å². The van der Waals surface area contributed by atoms with Crippen LogP contribution in [-0.4, -0.2) is 43.7 Å². The van der Waals surface area contributed by atoms with Gasteiger partial charge in [-0.1, -0.05) is 6.07 Å². The van der Waals surface area contributed by atoms with E-state index >= 15 is 0 Å². The van der Waals surface area contributed by atoms with Gasteiger partial charge in [0.2, 0.25) is 5.91 Å². The number of nitrogens with one attached hydrogen (secondary N) is 1. The summed E-state index contributed by atoms with van der Waals surface area (Å²) in [6, 6.07) is 5.90. The molecule has 1 fully saturated rings. The first-order chi connectivity index (χ1) is 12.8. The summed E-state index contributed by atoms with van der Waals surface area (Å²) in [5, 5.41) is 9.17. The number of nitrogens with zero attached hydrogens (tertiary/aromatic N) is 6. The fraction of sp³-hybridized carbons (Fsp3) is 0.353. The summed E-state index contributed by atoms with van der Waals surface area (Å²) in [4.78, 5) is 28.4. The van der Waals surface area contributed by atoms with Crippen LogP contribution in [-0.2, 0) is 11.3 Å². The lowest BCUT2D eigenvalue weighted by Crippen LogP contribution is -2.43. The molecule has 9 heteroatoms. The molecule has 1 amide bonds. The Balaban J connectivity index is 1.42. The summed E-state index contributed by atoms with van der Waals surface area (Å²) in [7, 11) is 0. The van der Waals surface area contributed by atoms with E-state index in [0.29, 0.717) is 18.9 Å². The Labute approximate surface area is 154 Å². The molecule has 8 nitrogen and oxygen atoms in total. The van der Waals surface area contributed by atoms with Crippen LogP contribution in [0.4, 0.5) is 5.82 Å². The van der Waals surface area contributed by atoms with Gasteiger partial charge in [0, 0.05) is 24.0 Å². The number of hydrogen-bond donors (Lipinski definition) is 1. The number of aromatic nitrogens is 5. The predicted octanol–water partition coefficient (Wildman–Crippen LogP) is 1.65. The van der Waals surface area contributed by atoms with E-state index in [-0.39, 0.29) is 11.8 Å². The summed E-state index contributed by atoms with van der Waals surface area (Å²) in [5.41, 5.74) is 0. The van der Waals surface area contributed by atoms with E-state index in [0.717, 1.165) is 25.2 Å². The van der Waals surface area contributed by atoms with Crippen molar-refractivity contribution in [3.05, 3.63) is 47.4 Å². The molecule has 0 bridgehead atoms. The van der Waals surface area contributed by atoms with Crippen molar-refractivity contribution in [3.8, 4) is 5.82 Å². The Kier molecular flexibility index (Phi) is 4.87. The Morgan fingerprint density at radius 2 is 2.23 bits per heavy atom. The van der Waals surface area contributed by atoms with E-state index in [2.05, 4.69) is 30.3 Å². The molecule has 4 heterocycles. The topological polar surface area (TPSA) is 88.8 Å². The van der Waals surface area contributed by atoms with Gasteiger partial charge >= 0.3 is 0 Å². The molecule has 1 unspecified atom stereocenters. The van der Waals surface area contributed by atoms with E-state index in [1.807, 2.05) is 23.6 Å². The smallest absolute Gasteiger partial charge is 0.225 e. The van der Waals surface area contributed by atoms with Crippen LogP contribution in [0.1, 0.15) is 17.7 Å². The number of carbonyl (C=O) groups excluding carboxylic acids is 1. The third kappa shape index (κ3) is 3.72. The van der Waals surface area contributed by atoms with Crippen LogP contribution in [0.5, 0.6) is 0 Å². The number of rotatable bonds is 5. The number of hydrogen-bond acceptors (Lipinski definition) is 7. The van der Waals surface area contributed by atoms with Crippen LogP contribution in [0.15, 0.2) is 42.6 Å². The van der Waals surface area contributed by atoms with E-state index < -0.39 is 0 Å². The van der Waals surface area contributed by atoms with Gasteiger partial charge in [0.1, 0.15) is 24.8 Å².